The molecule has 0 saturated heterocycles. The van der Waals surface area contributed by atoms with E-state index in [4.69, 9.17) is 37.0 Å². The van der Waals surface area contributed by atoms with Crippen molar-refractivity contribution in [1.82, 2.24) is 0 Å². The molecule has 19 heteroatoms. The van der Waals surface area contributed by atoms with E-state index in [0.717, 1.165) is 161 Å². The maximum Gasteiger partial charge on any atom is 0.472 e. The second kappa shape index (κ2) is 74.0. The third-order valence-corrected chi connectivity index (χ3v) is 19.3. The van der Waals surface area contributed by atoms with Gasteiger partial charge in [-0.2, -0.15) is 0 Å². The number of phosphoric ester groups is 2. The van der Waals surface area contributed by atoms with E-state index in [0.29, 0.717) is 25.7 Å². The summed E-state index contributed by atoms with van der Waals surface area (Å²) in [5, 5.41) is 10.6. The zero-order valence-corrected chi connectivity index (χ0v) is 65.7. The van der Waals surface area contributed by atoms with E-state index in [2.05, 4.69) is 88.5 Å². The van der Waals surface area contributed by atoms with E-state index in [1.807, 2.05) is 0 Å². The van der Waals surface area contributed by atoms with E-state index < -0.39 is 97.5 Å². The van der Waals surface area contributed by atoms with Crippen LogP contribution >= 0.6 is 15.6 Å². The lowest BCUT2D eigenvalue weighted by molar-refractivity contribution is -0.161. The van der Waals surface area contributed by atoms with Crippen LogP contribution in [0.25, 0.3) is 0 Å². The molecule has 0 radical (unpaired) electrons. The lowest BCUT2D eigenvalue weighted by Crippen LogP contribution is -2.30. The van der Waals surface area contributed by atoms with Crippen LogP contribution in [-0.2, 0) is 65.4 Å². The van der Waals surface area contributed by atoms with Gasteiger partial charge in [0.2, 0.25) is 0 Å². The zero-order chi connectivity index (χ0) is 73.2. The van der Waals surface area contributed by atoms with Crippen LogP contribution in [0, 0.1) is 0 Å². The van der Waals surface area contributed by atoms with Crippen LogP contribution < -0.4 is 0 Å². The number of ether oxygens (including phenoxy) is 4. The highest BCUT2D eigenvalue weighted by Gasteiger charge is 2.30. The number of rotatable bonds is 77. The molecular formula is C81H148O17P2. The van der Waals surface area contributed by atoms with Gasteiger partial charge in [-0.05, 0) is 135 Å². The van der Waals surface area contributed by atoms with Crippen molar-refractivity contribution >= 4 is 39.5 Å². The quantitative estimate of drug-likeness (QED) is 0.0169. The lowest BCUT2D eigenvalue weighted by atomic mass is 10.1. The molecular weight excluding hydrogens is 1310 g/mol. The fourth-order valence-corrected chi connectivity index (χ4v) is 12.8. The van der Waals surface area contributed by atoms with Crippen LogP contribution in [0.2, 0.25) is 0 Å². The highest BCUT2D eigenvalue weighted by Crippen LogP contribution is 2.45. The van der Waals surface area contributed by atoms with Crippen molar-refractivity contribution in [2.45, 2.75) is 393 Å². The first-order valence-corrected chi connectivity index (χ1v) is 43.5. The van der Waals surface area contributed by atoms with Crippen LogP contribution in [0.5, 0.6) is 0 Å². The fraction of sp³-hybridized carbons (Fsp3) is 0.827. The third-order valence-electron chi connectivity index (χ3n) is 17.4. The highest BCUT2D eigenvalue weighted by molar-refractivity contribution is 7.47. The molecule has 100 heavy (non-hydrogen) atoms. The number of unbranched alkanes of at least 4 members (excludes halogenated alkanes) is 41. The molecule has 0 aromatic rings. The molecule has 0 heterocycles. The Hall–Kier alpha value is -3.24. The molecule has 0 aliphatic rings. The monoisotopic (exact) mass is 1460 g/mol. The molecule has 0 bridgehead atoms. The van der Waals surface area contributed by atoms with Gasteiger partial charge in [0.05, 0.1) is 26.4 Å². The Morgan fingerprint density at radius 2 is 0.490 bits per heavy atom. The van der Waals surface area contributed by atoms with Crippen molar-refractivity contribution in [3.8, 4) is 0 Å². The van der Waals surface area contributed by atoms with Gasteiger partial charge in [-0.3, -0.25) is 37.3 Å². The summed E-state index contributed by atoms with van der Waals surface area (Å²) in [5.41, 5.74) is 0. The number of carbonyl (C=O) groups is 4. The second-order valence-electron chi connectivity index (χ2n) is 27.3. The summed E-state index contributed by atoms with van der Waals surface area (Å²) in [7, 11) is -9.95. The molecule has 17 nitrogen and oxygen atoms in total. The first kappa shape index (κ1) is 96.8. The van der Waals surface area contributed by atoms with Crippen molar-refractivity contribution in [1.29, 1.82) is 0 Å². The van der Waals surface area contributed by atoms with E-state index in [9.17, 15) is 43.2 Å². The zero-order valence-electron chi connectivity index (χ0n) is 63.9. The van der Waals surface area contributed by atoms with Gasteiger partial charge in [-0.15, -0.1) is 0 Å². The fourth-order valence-electron chi connectivity index (χ4n) is 11.2. The Bertz CT molecular complexity index is 2130. The summed E-state index contributed by atoms with van der Waals surface area (Å²) in [5.74, 6) is -2.19. The molecule has 0 saturated carbocycles. The lowest BCUT2D eigenvalue weighted by Gasteiger charge is -2.21. The van der Waals surface area contributed by atoms with Gasteiger partial charge in [0.1, 0.15) is 19.3 Å². The summed E-state index contributed by atoms with van der Waals surface area (Å²) < 4.78 is 68.6. The molecule has 2 unspecified atom stereocenters. The minimum atomic E-state index is -4.98. The van der Waals surface area contributed by atoms with Crippen molar-refractivity contribution in [2.24, 2.45) is 0 Å². The average Bonchev–Trinajstić information content (AvgIpc) is 1.25. The third kappa shape index (κ3) is 73.1. The number of carbonyl (C=O) groups excluding carboxylic acids is 4. The standard InChI is InChI=1S/C81H148O17P2/c1-5-9-13-17-21-25-29-33-37-41-45-49-53-57-61-65-78(83)91-71-76(97-80(85)67-63-59-55-51-47-43-39-35-31-27-23-19-15-11-7-3)73-95-99(87,88)93-69-75(82)70-94-100(89,90)96-74-77(98-81(86)68-64-60-56-52-48-44-40-36-32-28-24-20-16-12-8-4)72-92-79(84)66-62-58-54-50-46-42-38-34-30-26-22-18-14-10-6-2/h23,27,33-40,75-77,82H,5-22,24-26,28-32,41-74H2,1-4H3,(H,87,88)(H,89,90)/b27-23-,37-33-,38-34-,39-35-,40-36-/t75-,76+,77+/m0/s1. The molecule has 0 amide bonds. The van der Waals surface area contributed by atoms with Crippen LogP contribution in [0.3, 0.4) is 0 Å². The summed E-state index contributed by atoms with van der Waals surface area (Å²) in [6, 6.07) is 0. The van der Waals surface area contributed by atoms with Crippen LogP contribution in [0.4, 0.5) is 0 Å². The van der Waals surface area contributed by atoms with Crippen molar-refractivity contribution < 1.29 is 80.2 Å². The molecule has 0 aromatic heterocycles. The number of hydrogen-bond acceptors (Lipinski definition) is 15. The van der Waals surface area contributed by atoms with Crippen LogP contribution in [0.1, 0.15) is 374 Å². The van der Waals surface area contributed by atoms with Gasteiger partial charge in [-0.25, -0.2) is 9.13 Å². The first-order valence-electron chi connectivity index (χ1n) is 40.5. The number of allylic oxidation sites excluding steroid dienone is 10. The van der Waals surface area contributed by atoms with E-state index in [1.165, 1.54) is 135 Å². The van der Waals surface area contributed by atoms with Crippen molar-refractivity contribution in [3.05, 3.63) is 60.8 Å². The SMILES string of the molecule is CCCCC/C=C\C/C=C\CCCCCCCC(=O)O[C@H](COC(=O)CCCCCCC/C=C\CCCCCCCC)COP(=O)(O)OC[C@H](O)COP(=O)(O)OC[C@@H](COC(=O)CCCCCCC/C=C\CCCCCCCC)OC(=O)CCCCCCC/C=C\CCCCCCCC. The Morgan fingerprint density at radius 1 is 0.280 bits per heavy atom. The number of aliphatic hydroxyl groups excluding tert-OH is 1. The van der Waals surface area contributed by atoms with Crippen molar-refractivity contribution in [2.75, 3.05) is 39.6 Å². The molecule has 0 aromatic carbocycles. The molecule has 0 aliphatic carbocycles. The summed E-state index contributed by atoms with van der Waals surface area (Å²) >= 11 is 0. The van der Waals surface area contributed by atoms with Gasteiger partial charge in [0.15, 0.2) is 12.2 Å². The number of esters is 4. The Kier molecular flexibility index (Phi) is 71.6. The number of phosphoric acid groups is 2. The van der Waals surface area contributed by atoms with Crippen molar-refractivity contribution in [3.63, 3.8) is 0 Å². The topological polar surface area (TPSA) is 237 Å². The molecule has 3 N–H and O–H groups in total. The molecule has 5 atom stereocenters. The molecule has 584 valence electrons. The second-order valence-corrected chi connectivity index (χ2v) is 30.3. The van der Waals surface area contributed by atoms with E-state index in [1.54, 1.807) is 0 Å². The molecule has 0 rings (SSSR count). The summed E-state index contributed by atoms with van der Waals surface area (Å²) in [6.45, 7) is 4.86. The Labute approximate surface area is 610 Å². The number of hydrogen-bond donors (Lipinski definition) is 3. The maximum atomic E-state index is 13.1. The van der Waals surface area contributed by atoms with E-state index >= 15 is 0 Å². The van der Waals surface area contributed by atoms with Gasteiger partial charge in [0.25, 0.3) is 0 Å². The normalized spacial score (nSPS) is 14.2. The minimum Gasteiger partial charge on any atom is -0.462 e. The van der Waals surface area contributed by atoms with E-state index in [-0.39, 0.29) is 25.7 Å². The molecule has 0 fully saturated rings. The predicted octanol–water partition coefficient (Wildman–Crippen LogP) is 23.5. The smallest absolute Gasteiger partial charge is 0.462 e. The number of aliphatic hydroxyl groups is 1. The molecule has 0 spiro atoms. The minimum absolute atomic E-state index is 0.0808. The average molecular weight is 1460 g/mol. The first-order chi connectivity index (χ1) is 48.7. The maximum absolute atomic E-state index is 13.1. The van der Waals surface area contributed by atoms with Gasteiger partial charge in [0, 0.05) is 25.7 Å². The van der Waals surface area contributed by atoms with Crippen LogP contribution in [-0.4, -0.2) is 96.7 Å². The van der Waals surface area contributed by atoms with Crippen LogP contribution in [0.15, 0.2) is 60.8 Å². The largest absolute Gasteiger partial charge is 0.472 e. The Balaban J connectivity index is 5.36. The van der Waals surface area contributed by atoms with Gasteiger partial charge < -0.3 is 33.8 Å². The van der Waals surface area contributed by atoms with Gasteiger partial charge in [-0.1, -0.05) is 275 Å². The molecule has 0 aliphatic heterocycles. The summed E-state index contributed by atoms with van der Waals surface area (Å²) in [6.07, 6.45) is 73.3. The highest BCUT2D eigenvalue weighted by atomic mass is 31.2. The predicted molar refractivity (Wildman–Crippen MR) is 409 cm³/mol. The Morgan fingerprint density at radius 3 is 0.770 bits per heavy atom. The van der Waals surface area contributed by atoms with Gasteiger partial charge >= 0.3 is 39.5 Å². The summed E-state index contributed by atoms with van der Waals surface area (Å²) in [4.78, 5) is 73.0.